The van der Waals surface area contributed by atoms with Gasteiger partial charge in [0.25, 0.3) is 0 Å². The Morgan fingerprint density at radius 3 is 2.32 bits per heavy atom. The Hall–Kier alpha value is -2.24. The summed E-state index contributed by atoms with van der Waals surface area (Å²) < 4.78 is 5.22. The van der Waals surface area contributed by atoms with E-state index in [0.717, 1.165) is 0 Å². The third-order valence-electron chi connectivity index (χ3n) is 4.15. The van der Waals surface area contributed by atoms with Crippen molar-refractivity contribution in [2.45, 2.75) is 12.8 Å². The van der Waals surface area contributed by atoms with Crippen molar-refractivity contribution in [1.29, 1.82) is 0 Å². The summed E-state index contributed by atoms with van der Waals surface area (Å²) >= 11 is 11.8. The molecule has 1 saturated carbocycles. The highest BCUT2D eigenvalue weighted by Crippen LogP contribution is 2.48. The standard InChI is InChI=1S/C18H16Cl2N2O3/c1-25-15-5-3-2-4-14(15)22-17(24)18(8-9-18)16(23)21-11-6-7-12(19)13(20)10-11/h2-7,10H,8-9H2,1H3,(H,21,23)(H,22,24). The van der Waals surface area contributed by atoms with Crippen molar-refractivity contribution in [3.8, 4) is 5.75 Å². The molecule has 0 saturated heterocycles. The van der Waals surface area contributed by atoms with Crippen molar-refractivity contribution in [2.75, 3.05) is 17.7 Å². The number of benzene rings is 2. The van der Waals surface area contributed by atoms with Crippen molar-refractivity contribution >= 4 is 46.4 Å². The zero-order valence-electron chi connectivity index (χ0n) is 13.4. The van der Waals surface area contributed by atoms with Crippen LogP contribution in [0.5, 0.6) is 5.75 Å². The Morgan fingerprint density at radius 1 is 1.00 bits per heavy atom. The Labute approximate surface area is 155 Å². The second-order valence-corrected chi connectivity index (χ2v) is 6.63. The Kier molecular flexibility index (Phi) is 4.88. The molecule has 0 spiro atoms. The minimum absolute atomic E-state index is 0.336. The van der Waals surface area contributed by atoms with Gasteiger partial charge in [-0.25, -0.2) is 0 Å². The van der Waals surface area contributed by atoms with Gasteiger partial charge >= 0.3 is 0 Å². The van der Waals surface area contributed by atoms with E-state index in [1.807, 2.05) is 0 Å². The molecule has 0 unspecified atom stereocenters. The SMILES string of the molecule is COc1ccccc1NC(=O)C1(C(=O)Nc2ccc(Cl)c(Cl)c2)CC1. The molecule has 25 heavy (non-hydrogen) atoms. The molecule has 2 amide bonds. The van der Waals surface area contributed by atoms with Gasteiger partial charge < -0.3 is 15.4 Å². The Balaban J connectivity index is 1.73. The second-order valence-electron chi connectivity index (χ2n) is 5.82. The zero-order valence-corrected chi connectivity index (χ0v) is 14.9. The molecule has 5 nitrogen and oxygen atoms in total. The number of hydrogen-bond acceptors (Lipinski definition) is 3. The maximum Gasteiger partial charge on any atom is 0.240 e. The van der Waals surface area contributed by atoms with Crippen LogP contribution in [0.3, 0.4) is 0 Å². The van der Waals surface area contributed by atoms with Crippen LogP contribution in [0.15, 0.2) is 42.5 Å². The fraction of sp³-hybridized carbons (Fsp3) is 0.222. The van der Waals surface area contributed by atoms with Crippen LogP contribution in [0.2, 0.25) is 10.0 Å². The van der Waals surface area contributed by atoms with Crippen molar-refractivity contribution in [3.05, 3.63) is 52.5 Å². The summed E-state index contributed by atoms with van der Waals surface area (Å²) in [7, 11) is 1.52. The van der Waals surface area contributed by atoms with E-state index >= 15 is 0 Å². The Bertz CT molecular complexity index is 835. The van der Waals surface area contributed by atoms with E-state index in [4.69, 9.17) is 27.9 Å². The average molecular weight is 379 g/mol. The van der Waals surface area contributed by atoms with Gasteiger partial charge in [-0.05, 0) is 43.2 Å². The highest BCUT2D eigenvalue weighted by molar-refractivity contribution is 6.42. The number of anilines is 2. The summed E-state index contributed by atoms with van der Waals surface area (Å²) in [6, 6.07) is 11.8. The molecule has 1 aliphatic carbocycles. The van der Waals surface area contributed by atoms with Crippen molar-refractivity contribution < 1.29 is 14.3 Å². The van der Waals surface area contributed by atoms with Crippen LogP contribution in [-0.2, 0) is 9.59 Å². The maximum atomic E-state index is 12.6. The second kappa shape index (κ2) is 6.94. The molecule has 0 aliphatic heterocycles. The molecule has 0 atom stereocenters. The summed E-state index contributed by atoms with van der Waals surface area (Å²) in [6.45, 7) is 0. The summed E-state index contributed by atoms with van der Waals surface area (Å²) in [5.74, 6) is -0.176. The molecule has 2 N–H and O–H groups in total. The summed E-state index contributed by atoms with van der Waals surface area (Å²) in [6.07, 6.45) is 0.974. The predicted octanol–water partition coefficient (Wildman–Crippen LogP) is 4.36. The minimum Gasteiger partial charge on any atom is -0.495 e. The fourth-order valence-electron chi connectivity index (χ4n) is 2.50. The van der Waals surface area contributed by atoms with E-state index < -0.39 is 5.41 Å². The lowest BCUT2D eigenvalue weighted by molar-refractivity contribution is -0.131. The third-order valence-corrected chi connectivity index (χ3v) is 4.89. The van der Waals surface area contributed by atoms with E-state index in [-0.39, 0.29) is 11.8 Å². The number of nitrogens with one attached hydrogen (secondary N) is 2. The number of rotatable bonds is 5. The van der Waals surface area contributed by atoms with E-state index in [1.165, 1.54) is 7.11 Å². The van der Waals surface area contributed by atoms with Crippen molar-refractivity contribution in [3.63, 3.8) is 0 Å². The summed E-state index contributed by atoms with van der Waals surface area (Å²) in [4.78, 5) is 25.2. The summed E-state index contributed by atoms with van der Waals surface area (Å²) in [5.41, 5.74) is -0.0492. The lowest BCUT2D eigenvalue weighted by Gasteiger charge is -2.17. The van der Waals surface area contributed by atoms with Gasteiger partial charge in [-0.2, -0.15) is 0 Å². The quantitative estimate of drug-likeness (QED) is 0.759. The number of ether oxygens (including phenoxy) is 1. The molecule has 3 rings (SSSR count). The van der Waals surface area contributed by atoms with Crippen LogP contribution >= 0.6 is 23.2 Å². The number of carbonyl (C=O) groups excluding carboxylic acids is 2. The van der Waals surface area contributed by atoms with E-state index in [2.05, 4.69) is 10.6 Å². The first-order valence-electron chi connectivity index (χ1n) is 7.67. The van der Waals surface area contributed by atoms with E-state index in [1.54, 1.807) is 42.5 Å². The van der Waals surface area contributed by atoms with Gasteiger partial charge in [-0.15, -0.1) is 0 Å². The number of hydrogen-bond donors (Lipinski definition) is 2. The van der Waals surface area contributed by atoms with Crippen LogP contribution in [0, 0.1) is 5.41 Å². The van der Waals surface area contributed by atoms with Crippen LogP contribution in [0.25, 0.3) is 0 Å². The number of carbonyl (C=O) groups is 2. The lowest BCUT2D eigenvalue weighted by atomic mass is 10.0. The Morgan fingerprint density at radius 2 is 1.68 bits per heavy atom. The van der Waals surface area contributed by atoms with Gasteiger partial charge in [-0.1, -0.05) is 35.3 Å². The summed E-state index contributed by atoms with van der Waals surface area (Å²) in [5, 5.41) is 6.25. The van der Waals surface area contributed by atoms with Gasteiger partial charge in [0.05, 0.1) is 22.8 Å². The largest absolute Gasteiger partial charge is 0.495 e. The monoisotopic (exact) mass is 378 g/mol. The highest BCUT2D eigenvalue weighted by Gasteiger charge is 2.56. The minimum atomic E-state index is -1.08. The molecular weight excluding hydrogens is 363 g/mol. The third kappa shape index (κ3) is 3.57. The van der Waals surface area contributed by atoms with Crippen molar-refractivity contribution in [1.82, 2.24) is 0 Å². The number of amides is 2. The molecule has 0 aromatic heterocycles. The first-order chi connectivity index (χ1) is 12.0. The van der Waals surface area contributed by atoms with Gasteiger partial charge in [0, 0.05) is 5.69 Å². The molecule has 1 aliphatic rings. The molecule has 1 fully saturated rings. The zero-order chi connectivity index (χ0) is 18.0. The number of para-hydroxylation sites is 2. The van der Waals surface area contributed by atoms with Crippen LogP contribution in [0.1, 0.15) is 12.8 Å². The molecule has 130 valence electrons. The van der Waals surface area contributed by atoms with Crippen LogP contribution in [0.4, 0.5) is 11.4 Å². The van der Waals surface area contributed by atoms with Crippen molar-refractivity contribution in [2.24, 2.45) is 5.41 Å². The fourth-order valence-corrected chi connectivity index (χ4v) is 2.79. The molecule has 0 heterocycles. The van der Waals surface area contributed by atoms with E-state index in [0.29, 0.717) is 40.0 Å². The molecular formula is C18H16Cl2N2O3. The lowest BCUT2D eigenvalue weighted by Crippen LogP contribution is -2.35. The normalized spacial score (nSPS) is 14.5. The highest BCUT2D eigenvalue weighted by atomic mass is 35.5. The van der Waals surface area contributed by atoms with Gasteiger partial charge in [-0.3, -0.25) is 9.59 Å². The maximum absolute atomic E-state index is 12.6. The van der Waals surface area contributed by atoms with Gasteiger partial charge in [0.1, 0.15) is 11.2 Å². The number of methoxy groups -OCH3 is 1. The first-order valence-corrected chi connectivity index (χ1v) is 8.43. The molecule has 7 heteroatoms. The van der Waals surface area contributed by atoms with Gasteiger partial charge in [0.15, 0.2) is 0 Å². The van der Waals surface area contributed by atoms with Crippen LogP contribution < -0.4 is 15.4 Å². The molecule has 0 bridgehead atoms. The molecule has 0 radical (unpaired) electrons. The number of halogens is 2. The van der Waals surface area contributed by atoms with E-state index in [9.17, 15) is 9.59 Å². The first kappa shape index (κ1) is 17.6. The average Bonchev–Trinajstić information content (AvgIpc) is 3.40. The van der Waals surface area contributed by atoms with Crippen LogP contribution in [-0.4, -0.2) is 18.9 Å². The smallest absolute Gasteiger partial charge is 0.240 e. The predicted molar refractivity (Wildman–Crippen MR) is 98.4 cm³/mol. The molecule has 2 aromatic carbocycles. The van der Waals surface area contributed by atoms with Gasteiger partial charge in [0.2, 0.25) is 11.8 Å². The molecule has 2 aromatic rings. The topological polar surface area (TPSA) is 67.4 Å².